The van der Waals surface area contributed by atoms with Crippen LogP contribution in [0.25, 0.3) is 0 Å². The Hall–Kier alpha value is -1.95. The van der Waals surface area contributed by atoms with Crippen LogP contribution in [0.1, 0.15) is 10.4 Å². The van der Waals surface area contributed by atoms with Crippen LogP contribution in [0.2, 0.25) is 0 Å². The molecule has 0 aromatic heterocycles. The quantitative estimate of drug-likeness (QED) is 0.761. The molecule has 6 nitrogen and oxygen atoms in total. The number of hydrogen-bond acceptors (Lipinski definition) is 6. The van der Waals surface area contributed by atoms with Gasteiger partial charge in [-0.2, -0.15) is 0 Å². The zero-order valence-electron chi connectivity index (χ0n) is 10.6. The SMILES string of the molecule is COc1cc(OC)c(C(=O)OCCO)c(OC)c1. The molecule has 0 bridgehead atoms. The monoisotopic (exact) mass is 256 g/mol. The number of benzene rings is 1. The van der Waals surface area contributed by atoms with Crippen LogP contribution in [0, 0.1) is 0 Å². The minimum atomic E-state index is -0.625. The highest BCUT2D eigenvalue weighted by Crippen LogP contribution is 2.34. The third-order valence-corrected chi connectivity index (χ3v) is 2.24. The Labute approximate surface area is 105 Å². The Balaban J connectivity index is 3.18. The number of carbonyl (C=O) groups is 1. The van der Waals surface area contributed by atoms with Gasteiger partial charge in [0, 0.05) is 12.1 Å². The summed E-state index contributed by atoms with van der Waals surface area (Å²) in [6, 6.07) is 3.11. The first kappa shape index (κ1) is 14.1. The van der Waals surface area contributed by atoms with Gasteiger partial charge < -0.3 is 24.1 Å². The van der Waals surface area contributed by atoms with Gasteiger partial charge >= 0.3 is 5.97 Å². The number of aliphatic hydroxyl groups excluding tert-OH is 1. The molecule has 0 amide bonds. The summed E-state index contributed by atoms with van der Waals surface area (Å²) >= 11 is 0. The molecule has 0 aliphatic carbocycles. The van der Waals surface area contributed by atoms with Crippen molar-refractivity contribution in [1.82, 2.24) is 0 Å². The molecule has 0 fully saturated rings. The molecule has 0 saturated carbocycles. The number of methoxy groups -OCH3 is 3. The maximum absolute atomic E-state index is 11.8. The van der Waals surface area contributed by atoms with Crippen molar-refractivity contribution in [2.75, 3.05) is 34.5 Å². The molecule has 1 aromatic rings. The molecule has 1 N–H and O–H groups in total. The van der Waals surface area contributed by atoms with Gasteiger partial charge in [0.25, 0.3) is 0 Å². The summed E-state index contributed by atoms with van der Waals surface area (Å²) in [5.41, 5.74) is 0.161. The predicted molar refractivity (Wildman–Crippen MR) is 63.5 cm³/mol. The van der Waals surface area contributed by atoms with Gasteiger partial charge in [0.1, 0.15) is 29.4 Å². The number of ether oxygens (including phenoxy) is 4. The van der Waals surface area contributed by atoms with Crippen molar-refractivity contribution < 1.29 is 28.8 Å². The molecule has 0 radical (unpaired) electrons. The molecule has 0 aliphatic heterocycles. The summed E-state index contributed by atoms with van der Waals surface area (Å²) in [4.78, 5) is 11.8. The van der Waals surface area contributed by atoms with Crippen LogP contribution >= 0.6 is 0 Å². The number of aliphatic hydroxyl groups is 1. The first-order valence-electron chi connectivity index (χ1n) is 5.25. The molecule has 0 saturated heterocycles. The second kappa shape index (κ2) is 6.70. The second-order valence-corrected chi connectivity index (χ2v) is 3.27. The summed E-state index contributed by atoms with van der Waals surface area (Å²) in [6.07, 6.45) is 0. The molecule has 0 spiro atoms. The topological polar surface area (TPSA) is 74.2 Å². The van der Waals surface area contributed by atoms with E-state index in [1.807, 2.05) is 0 Å². The van der Waals surface area contributed by atoms with Gasteiger partial charge in [0.15, 0.2) is 0 Å². The maximum atomic E-state index is 11.8. The van der Waals surface area contributed by atoms with Crippen LogP contribution in [0.3, 0.4) is 0 Å². The largest absolute Gasteiger partial charge is 0.496 e. The van der Waals surface area contributed by atoms with Crippen LogP contribution in [-0.2, 0) is 4.74 Å². The molecule has 100 valence electrons. The van der Waals surface area contributed by atoms with Gasteiger partial charge in [-0.1, -0.05) is 0 Å². The Bertz CT molecular complexity index is 390. The van der Waals surface area contributed by atoms with Crippen molar-refractivity contribution >= 4 is 5.97 Å². The number of carbonyl (C=O) groups excluding carboxylic acids is 1. The van der Waals surface area contributed by atoms with Crippen molar-refractivity contribution in [1.29, 1.82) is 0 Å². The smallest absolute Gasteiger partial charge is 0.345 e. The van der Waals surface area contributed by atoms with Gasteiger partial charge in [0.05, 0.1) is 27.9 Å². The van der Waals surface area contributed by atoms with Gasteiger partial charge in [-0.25, -0.2) is 4.79 Å². The molecule has 6 heteroatoms. The highest BCUT2D eigenvalue weighted by molar-refractivity contribution is 5.96. The Morgan fingerprint density at radius 2 is 1.67 bits per heavy atom. The third kappa shape index (κ3) is 3.04. The van der Waals surface area contributed by atoms with E-state index in [2.05, 4.69) is 0 Å². The molecule has 0 atom stereocenters. The molecule has 0 unspecified atom stereocenters. The highest BCUT2D eigenvalue weighted by Gasteiger charge is 2.21. The summed E-state index contributed by atoms with van der Waals surface area (Å²) in [5.74, 6) is 0.450. The number of rotatable bonds is 6. The first-order chi connectivity index (χ1) is 8.67. The highest BCUT2D eigenvalue weighted by atomic mass is 16.5. The standard InChI is InChI=1S/C12H16O6/c1-15-8-6-9(16-2)11(10(7-8)17-3)12(14)18-5-4-13/h6-7,13H,4-5H2,1-3H3. The molecular weight excluding hydrogens is 240 g/mol. The van der Waals surface area contributed by atoms with E-state index < -0.39 is 5.97 Å². The van der Waals surface area contributed by atoms with Crippen LogP contribution in [0.4, 0.5) is 0 Å². The van der Waals surface area contributed by atoms with E-state index in [9.17, 15) is 4.79 Å². The second-order valence-electron chi connectivity index (χ2n) is 3.27. The third-order valence-electron chi connectivity index (χ3n) is 2.24. The Morgan fingerprint density at radius 3 is 2.06 bits per heavy atom. The van der Waals surface area contributed by atoms with Crippen molar-refractivity contribution in [2.24, 2.45) is 0 Å². The van der Waals surface area contributed by atoms with E-state index in [-0.39, 0.29) is 30.3 Å². The summed E-state index contributed by atoms with van der Waals surface area (Å²) in [5, 5.41) is 8.64. The normalized spacial score (nSPS) is 9.78. The number of esters is 1. The fraction of sp³-hybridized carbons (Fsp3) is 0.417. The van der Waals surface area contributed by atoms with Gasteiger partial charge in [-0.15, -0.1) is 0 Å². The molecular formula is C12H16O6. The van der Waals surface area contributed by atoms with Gasteiger partial charge in [0.2, 0.25) is 0 Å². The van der Waals surface area contributed by atoms with Crippen molar-refractivity contribution in [2.45, 2.75) is 0 Å². The van der Waals surface area contributed by atoms with Crippen LogP contribution < -0.4 is 14.2 Å². The summed E-state index contributed by atoms with van der Waals surface area (Å²) < 4.78 is 20.1. The molecule has 1 rings (SSSR count). The van der Waals surface area contributed by atoms with E-state index in [1.54, 1.807) is 12.1 Å². The first-order valence-corrected chi connectivity index (χ1v) is 5.25. The zero-order valence-corrected chi connectivity index (χ0v) is 10.6. The lowest BCUT2D eigenvalue weighted by Gasteiger charge is -2.13. The summed E-state index contributed by atoms with van der Waals surface area (Å²) in [6.45, 7) is -0.330. The average molecular weight is 256 g/mol. The number of hydrogen-bond donors (Lipinski definition) is 1. The predicted octanol–water partition coefficient (Wildman–Crippen LogP) is 0.861. The van der Waals surface area contributed by atoms with Crippen molar-refractivity contribution in [3.8, 4) is 17.2 Å². The lowest BCUT2D eigenvalue weighted by Crippen LogP contribution is -2.11. The molecule has 0 heterocycles. The average Bonchev–Trinajstić information content (AvgIpc) is 2.42. The van der Waals surface area contributed by atoms with Gasteiger partial charge in [-0.05, 0) is 0 Å². The van der Waals surface area contributed by atoms with Crippen molar-refractivity contribution in [3.63, 3.8) is 0 Å². The summed E-state index contributed by atoms with van der Waals surface area (Å²) in [7, 11) is 4.35. The van der Waals surface area contributed by atoms with E-state index in [0.717, 1.165) is 0 Å². The Morgan fingerprint density at radius 1 is 1.11 bits per heavy atom. The minimum Gasteiger partial charge on any atom is -0.496 e. The van der Waals surface area contributed by atoms with Crippen LogP contribution in [0.5, 0.6) is 17.2 Å². The lowest BCUT2D eigenvalue weighted by atomic mass is 10.1. The van der Waals surface area contributed by atoms with E-state index in [1.165, 1.54) is 21.3 Å². The van der Waals surface area contributed by atoms with Crippen molar-refractivity contribution in [3.05, 3.63) is 17.7 Å². The van der Waals surface area contributed by atoms with Gasteiger partial charge in [-0.3, -0.25) is 0 Å². The maximum Gasteiger partial charge on any atom is 0.345 e. The Kier molecular flexibility index (Phi) is 5.26. The molecule has 18 heavy (non-hydrogen) atoms. The van der Waals surface area contributed by atoms with Crippen LogP contribution in [0.15, 0.2) is 12.1 Å². The van der Waals surface area contributed by atoms with Crippen LogP contribution in [-0.4, -0.2) is 45.6 Å². The lowest BCUT2D eigenvalue weighted by molar-refractivity contribution is 0.0426. The fourth-order valence-corrected chi connectivity index (χ4v) is 1.42. The minimum absolute atomic E-state index is 0.0861. The van der Waals surface area contributed by atoms with E-state index in [0.29, 0.717) is 5.75 Å². The molecule has 1 aromatic carbocycles. The van der Waals surface area contributed by atoms with E-state index in [4.69, 9.17) is 24.1 Å². The van der Waals surface area contributed by atoms with E-state index >= 15 is 0 Å². The molecule has 0 aliphatic rings. The zero-order chi connectivity index (χ0) is 13.5. The fourth-order valence-electron chi connectivity index (χ4n) is 1.42.